The summed E-state index contributed by atoms with van der Waals surface area (Å²) in [4.78, 5) is 11.0. The zero-order valence-electron chi connectivity index (χ0n) is 16.3. The van der Waals surface area contributed by atoms with Gasteiger partial charge in [-0.1, -0.05) is 23.4 Å². The first-order valence-electron chi connectivity index (χ1n) is 9.64. The molecule has 3 aromatic rings. The van der Waals surface area contributed by atoms with Gasteiger partial charge in [0.1, 0.15) is 12.4 Å². The molecule has 0 saturated carbocycles. The number of rotatable bonds is 8. The Balaban J connectivity index is 1.44. The maximum Gasteiger partial charge on any atom is 0.244 e. The van der Waals surface area contributed by atoms with E-state index in [-0.39, 0.29) is 11.9 Å². The first kappa shape index (κ1) is 19.5. The lowest BCUT2D eigenvalue weighted by Gasteiger charge is -2.21. The van der Waals surface area contributed by atoms with Crippen LogP contribution in [0.5, 0.6) is 5.88 Å². The fourth-order valence-electron chi connectivity index (χ4n) is 3.46. The van der Waals surface area contributed by atoms with Crippen molar-refractivity contribution in [3.8, 4) is 17.3 Å². The minimum absolute atomic E-state index is 0.0135. The summed E-state index contributed by atoms with van der Waals surface area (Å²) in [6.45, 7) is 2.33. The summed E-state index contributed by atoms with van der Waals surface area (Å²) < 4.78 is 30.0. The highest BCUT2D eigenvalue weighted by Gasteiger charge is 2.31. The number of halogens is 1. The van der Waals surface area contributed by atoms with Crippen molar-refractivity contribution in [2.45, 2.75) is 25.4 Å². The lowest BCUT2D eigenvalue weighted by molar-refractivity contribution is 0.144. The van der Waals surface area contributed by atoms with Crippen LogP contribution in [0.25, 0.3) is 11.4 Å². The van der Waals surface area contributed by atoms with Gasteiger partial charge in [-0.3, -0.25) is 4.90 Å². The Bertz CT molecular complexity index is 932. The molecule has 29 heavy (non-hydrogen) atoms. The van der Waals surface area contributed by atoms with Gasteiger partial charge in [0.2, 0.25) is 17.6 Å². The molecule has 0 aliphatic carbocycles. The highest BCUT2D eigenvalue weighted by molar-refractivity contribution is 5.53. The van der Waals surface area contributed by atoms with E-state index in [9.17, 15) is 4.39 Å². The third-order valence-electron chi connectivity index (χ3n) is 4.95. The molecule has 1 fully saturated rings. The van der Waals surface area contributed by atoms with Crippen LogP contribution in [0, 0.1) is 5.82 Å². The Kier molecular flexibility index (Phi) is 6.12. The maximum absolute atomic E-state index is 14.0. The molecular weight excluding hydrogens is 375 g/mol. The molecule has 1 saturated heterocycles. The van der Waals surface area contributed by atoms with E-state index in [4.69, 9.17) is 14.0 Å². The van der Waals surface area contributed by atoms with Gasteiger partial charge in [0, 0.05) is 37.0 Å². The minimum Gasteiger partial charge on any atom is -0.475 e. The number of benzene rings is 1. The molecule has 1 aromatic carbocycles. The van der Waals surface area contributed by atoms with Crippen LogP contribution in [0.15, 0.2) is 47.1 Å². The van der Waals surface area contributed by atoms with Crippen molar-refractivity contribution in [3.05, 3.63) is 59.9 Å². The molecule has 3 heterocycles. The summed E-state index contributed by atoms with van der Waals surface area (Å²) in [5, 5.41) is 4.11. The van der Waals surface area contributed by atoms with Crippen LogP contribution in [0.4, 0.5) is 4.39 Å². The zero-order chi connectivity index (χ0) is 20.1. The lowest BCUT2D eigenvalue weighted by atomic mass is 10.1. The van der Waals surface area contributed by atoms with E-state index in [2.05, 4.69) is 20.0 Å². The van der Waals surface area contributed by atoms with E-state index in [1.54, 1.807) is 25.4 Å². The van der Waals surface area contributed by atoms with Crippen molar-refractivity contribution in [1.29, 1.82) is 0 Å². The van der Waals surface area contributed by atoms with E-state index in [0.29, 0.717) is 42.9 Å². The van der Waals surface area contributed by atoms with Gasteiger partial charge < -0.3 is 14.0 Å². The van der Waals surface area contributed by atoms with Gasteiger partial charge in [0.25, 0.3) is 0 Å². The Labute approximate surface area is 168 Å². The van der Waals surface area contributed by atoms with Gasteiger partial charge >= 0.3 is 0 Å². The minimum atomic E-state index is -0.191. The van der Waals surface area contributed by atoms with Crippen LogP contribution in [0.3, 0.4) is 0 Å². The topological polar surface area (TPSA) is 73.5 Å². The number of hydrogen-bond acceptors (Lipinski definition) is 7. The van der Waals surface area contributed by atoms with Crippen molar-refractivity contribution in [2.24, 2.45) is 0 Å². The number of aromatic nitrogens is 3. The van der Waals surface area contributed by atoms with Crippen LogP contribution in [0.1, 0.15) is 30.3 Å². The molecule has 0 radical (unpaired) electrons. The second-order valence-corrected chi connectivity index (χ2v) is 6.90. The molecule has 4 rings (SSSR count). The molecule has 8 heteroatoms. The van der Waals surface area contributed by atoms with Gasteiger partial charge in [0.15, 0.2) is 0 Å². The summed E-state index contributed by atoms with van der Waals surface area (Å²) >= 11 is 0. The van der Waals surface area contributed by atoms with E-state index >= 15 is 0 Å². The molecule has 0 spiro atoms. The van der Waals surface area contributed by atoms with Crippen LogP contribution in [0.2, 0.25) is 0 Å². The lowest BCUT2D eigenvalue weighted by Crippen LogP contribution is -2.23. The molecule has 1 aliphatic rings. The normalized spacial score (nSPS) is 17.0. The molecule has 7 nitrogen and oxygen atoms in total. The highest BCUT2D eigenvalue weighted by Crippen LogP contribution is 2.33. The summed E-state index contributed by atoms with van der Waals surface area (Å²) in [5.74, 6) is 1.35. The SMILES string of the molecule is COCCOc1ccc(-c2noc(C3CCCN3Cc3ccccc3F)n2)cn1. The predicted molar refractivity (Wildman–Crippen MR) is 104 cm³/mol. The standard InChI is InChI=1S/C21H23FN4O3/c1-27-11-12-28-19-9-8-15(13-23-19)20-24-21(29-25-20)18-7-4-10-26(18)14-16-5-2-3-6-17(16)22/h2-3,5-6,8-9,13,18H,4,7,10-12,14H2,1H3. The Hall–Kier alpha value is -2.84. The maximum atomic E-state index is 14.0. The second-order valence-electron chi connectivity index (χ2n) is 6.90. The van der Waals surface area contributed by atoms with E-state index in [1.807, 2.05) is 18.2 Å². The second kappa shape index (κ2) is 9.11. The van der Waals surface area contributed by atoms with Crippen molar-refractivity contribution < 1.29 is 18.4 Å². The zero-order valence-corrected chi connectivity index (χ0v) is 16.3. The molecule has 1 unspecified atom stereocenters. The van der Waals surface area contributed by atoms with Gasteiger partial charge in [-0.15, -0.1) is 0 Å². The van der Waals surface area contributed by atoms with Crippen LogP contribution < -0.4 is 4.74 Å². The fourth-order valence-corrected chi connectivity index (χ4v) is 3.46. The molecule has 0 bridgehead atoms. The number of pyridine rings is 1. The molecular formula is C21H23FN4O3. The van der Waals surface area contributed by atoms with Gasteiger partial charge in [-0.05, 0) is 31.5 Å². The average molecular weight is 398 g/mol. The number of methoxy groups -OCH3 is 1. The number of hydrogen-bond donors (Lipinski definition) is 0. The summed E-state index contributed by atoms with van der Waals surface area (Å²) in [6, 6.07) is 10.4. The third-order valence-corrected chi connectivity index (χ3v) is 4.95. The van der Waals surface area contributed by atoms with E-state index < -0.39 is 0 Å². The third kappa shape index (κ3) is 4.60. The predicted octanol–water partition coefficient (Wildman–Crippen LogP) is 3.63. The first-order chi connectivity index (χ1) is 14.2. The summed E-state index contributed by atoms with van der Waals surface area (Å²) in [5.41, 5.74) is 1.42. The van der Waals surface area contributed by atoms with Crippen LogP contribution in [-0.2, 0) is 11.3 Å². The van der Waals surface area contributed by atoms with Crippen LogP contribution in [-0.4, -0.2) is 46.9 Å². The quantitative estimate of drug-likeness (QED) is 0.537. The smallest absolute Gasteiger partial charge is 0.244 e. The van der Waals surface area contributed by atoms with Crippen molar-refractivity contribution in [2.75, 3.05) is 26.9 Å². The Morgan fingerprint density at radius 3 is 2.90 bits per heavy atom. The summed E-state index contributed by atoms with van der Waals surface area (Å²) in [6.07, 6.45) is 3.56. The molecule has 152 valence electrons. The molecule has 1 atom stereocenters. The van der Waals surface area contributed by atoms with Crippen molar-refractivity contribution >= 4 is 0 Å². The molecule has 1 aliphatic heterocycles. The number of nitrogens with zero attached hydrogens (tertiary/aromatic N) is 4. The number of ether oxygens (including phenoxy) is 2. The van der Waals surface area contributed by atoms with Crippen molar-refractivity contribution in [1.82, 2.24) is 20.0 Å². The Morgan fingerprint density at radius 1 is 1.21 bits per heavy atom. The molecule has 0 amide bonds. The van der Waals surface area contributed by atoms with Crippen molar-refractivity contribution in [3.63, 3.8) is 0 Å². The van der Waals surface area contributed by atoms with E-state index in [0.717, 1.165) is 24.9 Å². The van der Waals surface area contributed by atoms with E-state index in [1.165, 1.54) is 6.07 Å². The van der Waals surface area contributed by atoms with Gasteiger partial charge in [0.05, 0.1) is 12.6 Å². The van der Waals surface area contributed by atoms with Crippen LogP contribution >= 0.6 is 0 Å². The highest BCUT2D eigenvalue weighted by atomic mass is 19.1. The summed E-state index contributed by atoms with van der Waals surface area (Å²) in [7, 11) is 1.62. The fraction of sp³-hybridized carbons (Fsp3) is 0.381. The molecule has 0 N–H and O–H groups in total. The Morgan fingerprint density at radius 2 is 2.10 bits per heavy atom. The monoisotopic (exact) mass is 398 g/mol. The number of likely N-dealkylation sites (tertiary alicyclic amines) is 1. The van der Waals surface area contributed by atoms with Gasteiger partial charge in [-0.2, -0.15) is 4.98 Å². The molecule has 2 aromatic heterocycles. The first-order valence-corrected chi connectivity index (χ1v) is 9.64. The average Bonchev–Trinajstić information content (AvgIpc) is 3.40. The largest absolute Gasteiger partial charge is 0.475 e. The van der Waals surface area contributed by atoms with Gasteiger partial charge in [-0.25, -0.2) is 9.37 Å².